The van der Waals surface area contributed by atoms with Crippen molar-refractivity contribution in [2.24, 2.45) is 0 Å². The molecule has 0 aliphatic carbocycles. The van der Waals surface area contributed by atoms with Crippen LogP contribution in [0.5, 0.6) is 0 Å². The minimum absolute atomic E-state index is 0.00938. The lowest BCUT2D eigenvalue weighted by molar-refractivity contribution is -0.127. The van der Waals surface area contributed by atoms with Crippen LogP contribution in [-0.4, -0.2) is 76.6 Å². The number of carbonyl (C=O) groups is 2. The summed E-state index contributed by atoms with van der Waals surface area (Å²) < 4.78 is 19.2. The maximum Gasteiger partial charge on any atom is 0.416 e. The van der Waals surface area contributed by atoms with E-state index in [-0.39, 0.29) is 24.3 Å². The highest BCUT2D eigenvalue weighted by molar-refractivity contribution is 5.90. The van der Waals surface area contributed by atoms with Gasteiger partial charge >= 0.3 is 6.09 Å². The number of cyclic esters (lactones) is 1. The van der Waals surface area contributed by atoms with Crippen molar-refractivity contribution < 1.29 is 18.7 Å². The Morgan fingerprint density at radius 3 is 2.49 bits per heavy atom. The Morgan fingerprint density at radius 1 is 1.17 bits per heavy atom. The zero-order valence-corrected chi connectivity index (χ0v) is 20.2. The first-order chi connectivity index (χ1) is 16.7. The van der Waals surface area contributed by atoms with Gasteiger partial charge in [0.2, 0.25) is 17.8 Å². The number of amides is 2. The number of rotatable bonds is 8. The van der Waals surface area contributed by atoms with E-state index in [1.807, 2.05) is 18.7 Å². The van der Waals surface area contributed by atoms with Crippen LogP contribution in [0.3, 0.4) is 0 Å². The molecule has 186 valence electrons. The average Bonchev–Trinajstić information content (AvgIpc) is 3.11. The van der Waals surface area contributed by atoms with Crippen molar-refractivity contribution in [1.82, 2.24) is 19.8 Å². The van der Waals surface area contributed by atoms with Gasteiger partial charge in [0, 0.05) is 45.3 Å². The van der Waals surface area contributed by atoms with E-state index in [1.165, 1.54) is 16.5 Å². The summed E-state index contributed by atoms with van der Waals surface area (Å²) in [5.41, 5.74) is 1.72. The molecule has 2 fully saturated rings. The third-order valence-corrected chi connectivity index (χ3v) is 6.23. The molecule has 0 bridgehead atoms. The molecule has 0 atom stereocenters. The minimum Gasteiger partial charge on any atom is -0.447 e. The third-order valence-electron chi connectivity index (χ3n) is 6.23. The van der Waals surface area contributed by atoms with Gasteiger partial charge in [0.1, 0.15) is 12.4 Å². The van der Waals surface area contributed by atoms with Crippen LogP contribution in [-0.2, 0) is 22.5 Å². The molecule has 35 heavy (non-hydrogen) atoms. The molecule has 3 heterocycles. The molecule has 0 saturated carbocycles. The second-order valence-corrected chi connectivity index (χ2v) is 9.37. The molecule has 2 aliphatic heterocycles. The average molecular weight is 483 g/mol. The van der Waals surface area contributed by atoms with Crippen LogP contribution < -0.4 is 10.2 Å². The van der Waals surface area contributed by atoms with Crippen LogP contribution in [0.1, 0.15) is 25.0 Å². The number of carbonyl (C=O) groups excluding carboxylic acids is 2. The summed E-state index contributed by atoms with van der Waals surface area (Å²) in [7, 11) is 0. The highest BCUT2D eigenvalue weighted by atomic mass is 19.1. The number of benzene rings is 1. The van der Waals surface area contributed by atoms with E-state index in [1.54, 1.807) is 0 Å². The Kier molecular flexibility index (Phi) is 7.30. The third kappa shape index (κ3) is 5.94. The molecular formula is C25H31FN6O3. The maximum absolute atomic E-state index is 14.1. The number of nitrogens with one attached hydrogen (secondary N) is 1. The summed E-state index contributed by atoms with van der Waals surface area (Å²) in [5.74, 6) is -0.426. The van der Waals surface area contributed by atoms with Gasteiger partial charge in [-0.25, -0.2) is 4.79 Å². The van der Waals surface area contributed by atoms with E-state index in [0.29, 0.717) is 13.0 Å². The van der Waals surface area contributed by atoms with Gasteiger partial charge in [-0.05, 0) is 37.5 Å². The van der Waals surface area contributed by atoms with Gasteiger partial charge < -0.3 is 15.0 Å². The monoisotopic (exact) mass is 482 g/mol. The first-order valence-corrected chi connectivity index (χ1v) is 11.7. The molecule has 2 saturated heterocycles. The van der Waals surface area contributed by atoms with Crippen molar-refractivity contribution >= 4 is 23.8 Å². The van der Waals surface area contributed by atoms with Gasteiger partial charge in [0.25, 0.3) is 0 Å². The molecule has 1 aromatic carbocycles. The van der Waals surface area contributed by atoms with Crippen molar-refractivity contribution in [1.29, 1.82) is 0 Å². The molecule has 1 N–H and O–H groups in total. The van der Waals surface area contributed by atoms with Gasteiger partial charge in [-0.2, -0.15) is 14.4 Å². The lowest BCUT2D eigenvalue weighted by atomic mass is 10.1. The highest BCUT2D eigenvalue weighted by Crippen LogP contribution is 2.29. The van der Waals surface area contributed by atoms with Crippen LogP contribution in [0, 0.1) is 5.95 Å². The SMILES string of the molecule is C=CC(=O)N1CCN(Cc2ccc(CCNc3nc(F)cc(N4C(=O)OCC4(C)C)n3)cc2)CC1. The minimum atomic E-state index is -0.716. The van der Waals surface area contributed by atoms with Gasteiger partial charge in [-0.1, -0.05) is 30.8 Å². The molecular weight excluding hydrogens is 451 g/mol. The Morgan fingerprint density at radius 2 is 1.86 bits per heavy atom. The number of hydrogen-bond donors (Lipinski definition) is 1. The van der Waals surface area contributed by atoms with Gasteiger partial charge in [-0.15, -0.1) is 0 Å². The first kappa shape index (κ1) is 24.6. The lowest BCUT2D eigenvalue weighted by Gasteiger charge is -2.34. The van der Waals surface area contributed by atoms with Crippen molar-refractivity contribution in [3.8, 4) is 0 Å². The summed E-state index contributed by atoms with van der Waals surface area (Å²) in [4.78, 5) is 37.4. The van der Waals surface area contributed by atoms with Crippen molar-refractivity contribution in [2.45, 2.75) is 32.4 Å². The molecule has 2 aromatic rings. The maximum atomic E-state index is 14.1. The lowest BCUT2D eigenvalue weighted by Crippen LogP contribution is -2.47. The Bertz CT molecular complexity index is 1080. The quantitative estimate of drug-likeness (QED) is 0.457. The largest absolute Gasteiger partial charge is 0.447 e. The van der Waals surface area contributed by atoms with E-state index in [2.05, 4.69) is 51.0 Å². The summed E-state index contributed by atoms with van der Waals surface area (Å²) in [6.45, 7) is 11.9. The Labute approximate surface area is 204 Å². The first-order valence-electron chi connectivity index (χ1n) is 11.7. The number of hydrogen-bond acceptors (Lipinski definition) is 7. The van der Waals surface area contributed by atoms with Crippen molar-refractivity contribution in [3.63, 3.8) is 0 Å². The predicted octanol–water partition coefficient (Wildman–Crippen LogP) is 2.84. The standard InChI is InChI=1S/C25H31FN6O3/c1-4-22(33)31-13-11-30(12-14-31)16-19-7-5-18(6-8-19)9-10-27-23-28-20(26)15-21(29-23)32-24(34)35-17-25(32,2)3/h4-8,15H,1,9-14,16-17H2,2-3H3,(H,27,28,29). The number of nitrogens with zero attached hydrogens (tertiary/aromatic N) is 5. The number of halogens is 1. The number of aromatic nitrogens is 2. The van der Waals surface area contributed by atoms with Gasteiger partial charge in [0.05, 0.1) is 5.54 Å². The van der Waals surface area contributed by atoms with Crippen LogP contribution in [0.2, 0.25) is 0 Å². The number of piperazine rings is 1. The highest BCUT2D eigenvalue weighted by Gasteiger charge is 2.42. The van der Waals surface area contributed by atoms with Gasteiger partial charge in [-0.3, -0.25) is 14.6 Å². The van der Waals surface area contributed by atoms with E-state index in [4.69, 9.17) is 4.74 Å². The van der Waals surface area contributed by atoms with E-state index >= 15 is 0 Å². The zero-order valence-electron chi connectivity index (χ0n) is 20.2. The summed E-state index contributed by atoms with van der Waals surface area (Å²) >= 11 is 0. The van der Waals surface area contributed by atoms with E-state index < -0.39 is 17.6 Å². The second kappa shape index (κ2) is 10.4. The molecule has 4 rings (SSSR count). The fourth-order valence-electron chi connectivity index (χ4n) is 4.26. The number of anilines is 2. The van der Waals surface area contributed by atoms with Crippen LogP contribution in [0.15, 0.2) is 43.0 Å². The molecule has 2 aliphatic rings. The normalized spacial score (nSPS) is 17.9. The van der Waals surface area contributed by atoms with Crippen molar-refractivity contribution in [3.05, 3.63) is 60.1 Å². The Balaban J connectivity index is 1.28. The molecule has 0 unspecified atom stereocenters. The Hall–Kier alpha value is -3.53. The zero-order chi connectivity index (χ0) is 25.0. The molecule has 0 radical (unpaired) electrons. The van der Waals surface area contributed by atoms with Crippen molar-refractivity contribution in [2.75, 3.05) is 49.5 Å². The fourth-order valence-corrected chi connectivity index (χ4v) is 4.26. The predicted molar refractivity (Wildman–Crippen MR) is 131 cm³/mol. The summed E-state index contributed by atoms with van der Waals surface area (Å²) in [6.07, 6.45) is 1.52. The van der Waals surface area contributed by atoms with Crippen LogP contribution >= 0.6 is 0 Å². The molecule has 0 spiro atoms. The number of ether oxygens (including phenoxy) is 1. The summed E-state index contributed by atoms with van der Waals surface area (Å²) in [5, 5.41) is 3.05. The molecule has 9 nitrogen and oxygen atoms in total. The topological polar surface area (TPSA) is 90.9 Å². The molecule has 10 heteroatoms. The van der Waals surface area contributed by atoms with E-state index in [0.717, 1.165) is 44.4 Å². The molecule has 1 aromatic heterocycles. The summed E-state index contributed by atoms with van der Waals surface area (Å²) in [6, 6.07) is 9.50. The molecule has 2 amide bonds. The van der Waals surface area contributed by atoms with Crippen LogP contribution in [0.25, 0.3) is 0 Å². The van der Waals surface area contributed by atoms with Crippen LogP contribution in [0.4, 0.5) is 21.0 Å². The van der Waals surface area contributed by atoms with Gasteiger partial charge in [0.15, 0.2) is 0 Å². The smallest absolute Gasteiger partial charge is 0.416 e. The fraction of sp³-hybridized carbons (Fsp3) is 0.440. The second-order valence-electron chi connectivity index (χ2n) is 9.37. The van der Waals surface area contributed by atoms with E-state index in [9.17, 15) is 14.0 Å².